The molecule has 2 rings (SSSR count). The monoisotopic (exact) mass is 250 g/mol. The van der Waals surface area contributed by atoms with E-state index < -0.39 is 5.60 Å². The van der Waals surface area contributed by atoms with Gasteiger partial charge >= 0.3 is 5.97 Å². The molecule has 2 atom stereocenters. The second-order valence-electron chi connectivity index (χ2n) is 4.89. The Hall–Kier alpha value is -1.42. The van der Waals surface area contributed by atoms with E-state index in [1.165, 1.54) is 6.92 Å². The van der Waals surface area contributed by atoms with Gasteiger partial charge in [-0.1, -0.05) is 0 Å². The lowest BCUT2D eigenvalue weighted by molar-refractivity contribution is -0.136. The minimum Gasteiger partial charge on any atom is -0.432 e. The SMILES string of the molecule is CO[C@@]12C=CC(=O)C[C@@H]1/C(=C(\C)OC(C)=O)CC2. The Labute approximate surface area is 107 Å². The number of methoxy groups -OCH3 is 1. The molecule has 0 bridgehead atoms. The largest absolute Gasteiger partial charge is 0.432 e. The number of esters is 1. The van der Waals surface area contributed by atoms with Crippen LogP contribution in [0.15, 0.2) is 23.5 Å². The molecular formula is C14H18O4. The topological polar surface area (TPSA) is 52.6 Å². The highest BCUT2D eigenvalue weighted by atomic mass is 16.5. The fraction of sp³-hybridized carbons (Fsp3) is 0.571. The number of carbonyl (C=O) groups excluding carboxylic acids is 2. The van der Waals surface area contributed by atoms with Crippen molar-refractivity contribution in [2.24, 2.45) is 5.92 Å². The maximum absolute atomic E-state index is 11.6. The molecule has 0 heterocycles. The van der Waals surface area contributed by atoms with Gasteiger partial charge in [-0.15, -0.1) is 0 Å². The van der Waals surface area contributed by atoms with Gasteiger partial charge in [0, 0.05) is 26.4 Å². The quantitative estimate of drug-likeness (QED) is 0.556. The van der Waals surface area contributed by atoms with Crippen molar-refractivity contribution in [1.82, 2.24) is 0 Å². The highest BCUT2D eigenvalue weighted by molar-refractivity contribution is 5.91. The van der Waals surface area contributed by atoms with Crippen LogP contribution < -0.4 is 0 Å². The number of rotatable bonds is 2. The van der Waals surface area contributed by atoms with E-state index in [0.29, 0.717) is 12.2 Å². The smallest absolute Gasteiger partial charge is 0.307 e. The molecule has 0 N–H and O–H groups in total. The van der Waals surface area contributed by atoms with Crippen LogP contribution >= 0.6 is 0 Å². The van der Waals surface area contributed by atoms with Crippen LogP contribution in [0.3, 0.4) is 0 Å². The van der Waals surface area contributed by atoms with Crippen LogP contribution in [-0.2, 0) is 19.1 Å². The number of fused-ring (bicyclic) bond motifs is 1. The number of hydrogen-bond donors (Lipinski definition) is 0. The van der Waals surface area contributed by atoms with E-state index >= 15 is 0 Å². The molecule has 0 unspecified atom stereocenters. The van der Waals surface area contributed by atoms with Crippen LogP contribution in [-0.4, -0.2) is 24.5 Å². The standard InChI is InChI=1S/C14H18O4/c1-9(18-10(2)15)12-5-7-14(17-3)6-4-11(16)8-13(12)14/h4,6,13H,5,7-8H2,1-3H3/b12-9+/t13-,14-/m1/s1. The van der Waals surface area contributed by atoms with Gasteiger partial charge in [0.1, 0.15) is 5.76 Å². The van der Waals surface area contributed by atoms with Crippen molar-refractivity contribution in [2.75, 3.05) is 7.11 Å². The first kappa shape index (κ1) is 13.0. The third-order valence-electron chi connectivity index (χ3n) is 3.88. The summed E-state index contributed by atoms with van der Waals surface area (Å²) in [4.78, 5) is 22.6. The van der Waals surface area contributed by atoms with Crippen LogP contribution in [0, 0.1) is 5.92 Å². The van der Waals surface area contributed by atoms with Crippen molar-refractivity contribution < 1.29 is 19.1 Å². The van der Waals surface area contributed by atoms with Crippen LogP contribution in [0.1, 0.15) is 33.1 Å². The summed E-state index contributed by atoms with van der Waals surface area (Å²) in [6.07, 6.45) is 5.51. The zero-order valence-electron chi connectivity index (χ0n) is 11.0. The minimum absolute atomic E-state index is 0.000602. The van der Waals surface area contributed by atoms with Gasteiger partial charge < -0.3 is 9.47 Å². The van der Waals surface area contributed by atoms with Gasteiger partial charge in [0.15, 0.2) is 5.78 Å². The van der Waals surface area contributed by atoms with Gasteiger partial charge in [0.25, 0.3) is 0 Å². The van der Waals surface area contributed by atoms with Crippen LogP contribution in [0.5, 0.6) is 0 Å². The molecule has 0 amide bonds. The summed E-state index contributed by atoms with van der Waals surface area (Å²) >= 11 is 0. The Morgan fingerprint density at radius 3 is 2.78 bits per heavy atom. The normalized spacial score (nSPS) is 33.3. The number of allylic oxidation sites excluding steroid dienone is 2. The first-order valence-electron chi connectivity index (χ1n) is 6.14. The third kappa shape index (κ3) is 2.12. The van der Waals surface area contributed by atoms with Gasteiger partial charge in [0.2, 0.25) is 0 Å². The number of hydrogen-bond acceptors (Lipinski definition) is 4. The summed E-state index contributed by atoms with van der Waals surface area (Å²) < 4.78 is 10.8. The summed E-state index contributed by atoms with van der Waals surface area (Å²) in [5, 5.41) is 0. The number of ketones is 1. The average Bonchev–Trinajstić information content (AvgIpc) is 2.67. The Balaban J connectivity index is 2.35. The molecule has 2 aliphatic carbocycles. The van der Waals surface area contributed by atoms with Gasteiger partial charge in [-0.05, 0) is 37.5 Å². The lowest BCUT2D eigenvalue weighted by atomic mass is 9.80. The highest BCUT2D eigenvalue weighted by Gasteiger charge is 2.47. The molecule has 0 aliphatic heterocycles. The number of ether oxygens (including phenoxy) is 2. The van der Waals surface area contributed by atoms with E-state index in [-0.39, 0.29) is 17.7 Å². The van der Waals surface area contributed by atoms with E-state index in [4.69, 9.17) is 9.47 Å². The average molecular weight is 250 g/mol. The summed E-state index contributed by atoms with van der Waals surface area (Å²) in [5.74, 6) is 0.393. The Bertz CT molecular complexity index is 447. The fourth-order valence-electron chi connectivity index (χ4n) is 2.99. The second kappa shape index (κ2) is 4.69. The zero-order valence-corrected chi connectivity index (χ0v) is 11.0. The summed E-state index contributed by atoms with van der Waals surface area (Å²) in [6.45, 7) is 3.17. The lowest BCUT2D eigenvalue weighted by Gasteiger charge is -2.34. The molecule has 98 valence electrons. The van der Waals surface area contributed by atoms with Crippen LogP contribution in [0.25, 0.3) is 0 Å². The van der Waals surface area contributed by atoms with E-state index in [1.807, 2.05) is 6.08 Å². The predicted octanol–water partition coefficient (Wildman–Crippen LogP) is 2.15. The molecule has 0 aromatic carbocycles. The molecular weight excluding hydrogens is 232 g/mol. The second-order valence-corrected chi connectivity index (χ2v) is 4.89. The van der Waals surface area contributed by atoms with Crippen molar-refractivity contribution in [3.63, 3.8) is 0 Å². The molecule has 4 nitrogen and oxygen atoms in total. The first-order chi connectivity index (χ1) is 8.48. The Kier molecular flexibility index (Phi) is 3.39. The predicted molar refractivity (Wildman–Crippen MR) is 65.7 cm³/mol. The molecule has 0 saturated heterocycles. The van der Waals surface area contributed by atoms with E-state index in [0.717, 1.165) is 18.4 Å². The van der Waals surface area contributed by atoms with Gasteiger partial charge in [-0.25, -0.2) is 0 Å². The molecule has 0 aromatic heterocycles. The summed E-state index contributed by atoms with van der Waals surface area (Å²) in [7, 11) is 1.66. The molecule has 0 aromatic rings. The van der Waals surface area contributed by atoms with Crippen molar-refractivity contribution in [3.05, 3.63) is 23.5 Å². The van der Waals surface area contributed by atoms with Gasteiger partial charge in [-0.2, -0.15) is 0 Å². The van der Waals surface area contributed by atoms with Crippen molar-refractivity contribution in [3.8, 4) is 0 Å². The maximum Gasteiger partial charge on any atom is 0.307 e. The molecule has 4 heteroatoms. The Morgan fingerprint density at radius 2 is 2.17 bits per heavy atom. The summed E-state index contributed by atoms with van der Waals surface area (Å²) in [5.41, 5.74) is 0.634. The van der Waals surface area contributed by atoms with E-state index in [2.05, 4.69) is 0 Å². The Morgan fingerprint density at radius 1 is 1.44 bits per heavy atom. The molecule has 1 saturated carbocycles. The van der Waals surface area contributed by atoms with Crippen molar-refractivity contribution in [1.29, 1.82) is 0 Å². The van der Waals surface area contributed by atoms with Gasteiger partial charge in [-0.3, -0.25) is 9.59 Å². The lowest BCUT2D eigenvalue weighted by Crippen LogP contribution is -2.38. The molecule has 1 fully saturated rings. The van der Waals surface area contributed by atoms with Gasteiger partial charge in [0.05, 0.1) is 5.60 Å². The maximum atomic E-state index is 11.6. The fourth-order valence-corrected chi connectivity index (χ4v) is 2.99. The van der Waals surface area contributed by atoms with E-state index in [9.17, 15) is 9.59 Å². The first-order valence-corrected chi connectivity index (χ1v) is 6.14. The van der Waals surface area contributed by atoms with Crippen molar-refractivity contribution >= 4 is 11.8 Å². The van der Waals surface area contributed by atoms with Crippen LogP contribution in [0.4, 0.5) is 0 Å². The third-order valence-corrected chi connectivity index (χ3v) is 3.88. The molecule has 18 heavy (non-hydrogen) atoms. The molecule has 0 spiro atoms. The van der Waals surface area contributed by atoms with Crippen LogP contribution in [0.2, 0.25) is 0 Å². The number of carbonyl (C=O) groups is 2. The molecule has 2 aliphatic rings. The van der Waals surface area contributed by atoms with Crippen molar-refractivity contribution in [2.45, 2.75) is 38.7 Å². The van der Waals surface area contributed by atoms with E-state index in [1.54, 1.807) is 20.1 Å². The highest BCUT2D eigenvalue weighted by Crippen LogP contribution is 2.48. The zero-order chi connectivity index (χ0) is 13.3. The summed E-state index contributed by atoms with van der Waals surface area (Å²) in [6, 6.07) is 0. The molecule has 0 radical (unpaired) electrons. The minimum atomic E-state index is -0.398.